The fourth-order valence-electron chi connectivity index (χ4n) is 1.50. The topological polar surface area (TPSA) is 29.3 Å². The molecule has 0 aliphatic heterocycles. The lowest BCUT2D eigenvalue weighted by Crippen LogP contribution is -2.45. The van der Waals surface area contributed by atoms with Crippen molar-refractivity contribution in [2.24, 2.45) is 11.7 Å². The monoisotopic (exact) mass is 226 g/mol. The van der Waals surface area contributed by atoms with Gasteiger partial charge in [-0.05, 0) is 32.4 Å². The number of rotatable bonds is 6. The highest BCUT2D eigenvalue weighted by atomic mass is 19.4. The maximum absolute atomic E-state index is 12.3. The molecule has 0 rings (SSSR count). The molecule has 0 fully saturated rings. The van der Waals surface area contributed by atoms with Gasteiger partial charge in [0.05, 0.1) is 6.54 Å². The van der Waals surface area contributed by atoms with E-state index in [1.165, 1.54) is 4.90 Å². The summed E-state index contributed by atoms with van der Waals surface area (Å²) in [6, 6.07) is -0.128. The van der Waals surface area contributed by atoms with Gasteiger partial charge in [-0.25, -0.2) is 0 Å². The summed E-state index contributed by atoms with van der Waals surface area (Å²) in [6.07, 6.45) is -3.41. The van der Waals surface area contributed by atoms with E-state index in [0.717, 1.165) is 6.42 Å². The number of alkyl halides is 3. The van der Waals surface area contributed by atoms with Crippen LogP contribution in [0.1, 0.15) is 27.2 Å². The van der Waals surface area contributed by atoms with Gasteiger partial charge in [-0.2, -0.15) is 13.2 Å². The lowest BCUT2D eigenvalue weighted by atomic mass is 10.0. The second-order valence-corrected chi connectivity index (χ2v) is 4.04. The Balaban J connectivity index is 4.37. The number of halogens is 3. The highest BCUT2D eigenvalue weighted by Gasteiger charge is 2.33. The minimum absolute atomic E-state index is 0.0823. The van der Waals surface area contributed by atoms with Crippen LogP contribution in [-0.4, -0.2) is 36.8 Å². The Labute approximate surface area is 89.6 Å². The van der Waals surface area contributed by atoms with Gasteiger partial charge in [-0.3, -0.25) is 4.90 Å². The second-order valence-electron chi connectivity index (χ2n) is 4.04. The van der Waals surface area contributed by atoms with Gasteiger partial charge in [0.25, 0.3) is 0 Å². The highest BCUT2D eigenvalue weighted by Crippen LogP contribution is 2.20. The molecule has 0 saturated heterocycles. The quantitative estimate of drug-likeness (QED) is 0.752. The van der Waals surface area contributed by atoms with Crippen molar-refractivity contribution >= 4 is 0 Å². The summed E-state index contributed by atoms with van der Waals surface area (Å²) in [6.45, 7) is 5.60. The van der Waals surface area contributed by atoms with E-state index < -0.39 is 12.7 Å². The van der Waals surface area contributed by atoms with E-state index in [0.29, 0.717) is 13.1 Å². The maximum Gasteiger partial charge on any atom is 0.401 e. The summed E-state index contributed by atoms with van der Waals surface area (Å²) in [4.78, 5) is 1.46. The van der Waals surface area contributed by atoms with E-state index >= 15 is 0 Å². The molecule has 0 aromatic carbocycles. The molecule has 0 amide bonds. The van der Waals surface area contributed by atoms with Crippen molar-refractivity contribution < 1.29 is 13.2 Å². The highest BCUT2D eigenvalue weighted by molar-refractivity contribution is 4.75. The standard InChI is InChI=1S/C10H21F3N2/c1-4-5-15(7-10(11,12)13)9(3)8(2)6-14/h8-9H,4-7,14H2,1-3H3. The van der Waals surface area contributed by atoms with Crippen molar-refractivity contribution in [3.8, 4) is 0 Å². The third-order valence-electron chi connectivity index (χ3n) is 2.66. The van der Waals surface area contributed by atoms with E-state index in [4.69, 9.17) is 5.73 Å². The molecule has 2 atom stereocenters. The predicted molar refractivity (Wildman–Crippen MR) is 55.6 cm³/mol. The molecule has 0 heterocycles. The van der Waals surface area contributed by atoms with Crippen LogP contribution in [0.2, 0.25) is 0 Å². The van der Waals surface area contributed by atoms with Crippen LogP contribution < -0.4 is 5.73 Å². The molecule has 0 radical (unpaired) electrons. The predicted octanol–water partition coefficient (Wildman–Crippen LogP) is 2.24. The van der Waals surface area contributed by atoms with Crippen LogP contribution in [0.15, 0.2) is 0 Å². The fourth-order valence-corrected chi connectivity index (χ4v) is 1.50. The molecule has 2 nitrogen and oxygen atoms in total. The lowest BCUT2D eigenvalue weighted by molar-refractivity contribution is -0.152. The Hall–Kier alpha value is -0.290. The molecule has 2 unspecified atom stereocenters. The molecule has 0 aromatic rings. The second kappa shape index (κ2) is 6.33. The number of hydrogen-bond acceptors (Lipinski definition) is 2. The van der Waals surface area contributed by atoms with Gasteiger partial charge in [0.2, 0.25) is 0 Å². The Morgan fingerprint density at radius 3 is 2.13 bits per heavy atom. The molecule has 0 saturated carbocycles. The van der Waals surface area contributed by atoms with E-state index in [9.17, 15) is 13.2 Å². The average molecular weight is 226 g/mol. The SMILES string of the molecule is CCCN(CC(F)(F)F)C(C)C(C)CN. The first-order valence-corrected chi connectivity index (χ1v) is 5.32. The van der Waals surface area contributed by atoms with Crippen molar-refractivity contribution in [1.29, 1.82) is 0 Å². The Bertz CT molecular complexity index is 171. The van der Waals surface area contributed by atoms with Crippen LogP contribution in [-0.2, 0) is 0 Å². The average Bonchev–Trinajstić information content (AvgIpc) is 2.13. The van der Waals surface area contributed by atoms with E-state index in [2.05, 4.69) is 0 Å². The molecule has 0 aliphatic carbocycles. The molecule has 0 spiro atoms. The summed E-state index contributed by atoms with van der Waals surface area (Å²) in [5, 5.41) is 0. The molecule has 0 aromatic heterocycles. The maximum atomic E-state index is 12.3. The molecule has 15 heavy (non-hydrogen) atoms. The first kappa shape index (κ1) is 14.7. The number of nitrogens with zero attached hydrogens (tertiary/aromatic N) is 1. The van der Waals surface area contributed by atoms with Gasteiger partial charge < -0.3 is 5.73 Å². The normalized spacial score (nSPS) is 16.8. The van der Waals surface area contributed by atoms with Crippen LogP contribution in [0, 0.1) is 5.92 Å². The van der Waals surface area contributed by atoms with Gasteiger partial charge in [0.1, 0.15) is 0 Å². The van der Waals surface area contributed by atoms with Crippen LogP contribution in [0.25, 0.3) is 0 Å². The van der Waals surface area contributed by atoms with Crippen molar-refractivity contribution in [3.63, 3.8) is 0 Å². The van der Waals surface area contributed by atoms with Crippen molar-refractivity contribution in [2.45, 2.75) is 39.4 Å². The molecule has 2 N–H and O–H groups in total. The molecule has 0 aliphatic rings. The van der Waals surface area contributed by atoms with Gasteiger partial charge in [0.15, 0.2) is 0 Å². The first-order chi connectivity index (χ1) is 6.81. The zero-order valence-corrected chi connectivity index (χ0v) is 9.64. The van der Waals surface area contributed by atoms with Crippen LogP contribution in [0.4, 0.5) is 13.2 Å². The van der Waals surface area contributed by atoms with Crippen LogP contribution in [0.5, 0.6) is 0 Å². The summed E-state index contributed by atoms with van der Waals surface area (Å²) in [7, 11) is 0. The van der Waals surface area contributed by atoms with E-state index in [1.54, 1.807) is 6.92 Å². The molecular weight excluding hydrogens is 205 g/mol. The zero-order chi connectivity index (χ0) is 12.1. The van der Waals surface area contributed by atoms with Gasteiger partial charge >= 0.3 is 6.18 Å². The number of nitrogens with two attached hydrogens (primary N) is 1. The first-order valence-electron chi connectivity index (χ1n) is 5.32. The smallest absolute Gasteiger partial charge is 0.330 e. The zero-order valence-electron chi connectivity index (χ0n) is 9.64. The third-order valence-corrected chi connectivity index (χ3v) is 2.66. The molecule has 0 bridgehead atoms. The third kappa shape index (κ3) is 5.99. The summed E-state index contributed by atoms with van der Waals surface area (Å²) >= 11 is 0. The van der Waals surface area contributed by atoms with E-state index in [-0.39, 0.29) is 12.0 Å². The Morgan fingerprint density at radius 1 is 1.27 bits per heavy atom. The van der Waals surface area contributed by atoms with E-state index in [1.807, 2.05) is 13.8 Å². The summed E-state index contributed by atoms with van der Waals surface area (Å²) < 4.78 is 36.9. The molecule has 5 heteroatoms. The van der Waals surface area contributed by atoms with Crippen molar-refractivity contribution in [2.75, 3.05) is 19.6 Å². The molecular formula is C10H21F3N2. The van der Waals surface area contributed by atoms with Crippen molar-refractivity contribution in [1.82, 2.24) is 4.90 Å². The Morgan fingerprint density at radius 2 is 1.80 bits per heavy atom. The Kier molecular flexibility index (Phi) is 6.20. The van der Waals surface area contributed by atoms with Gasteiger partial charge in [-0.15, -0.1) is 0 Å². The van der Waals surface area contributed by atoms with Gasteiger partial charge in [-0.1, -0.05) is 13.8 Å². The summed E-state index contributed by atoms with van der Waals surface area (Å²) in [5.41, 5.74) is 5.46. The largest absolute Gasteiger partial charge is 0.401 e. The fraction of sp³-hybridized carbons (Fsp3) is 1.00. The minimum atomic E-state index is -4.13. The number of hydrogen-bond donors (Lipinski definition) is 1. The minimum Gasteiger partial charge on any atom is -0.330 e. The lowest BCUT2D eigenvalue weighted by Gasteiger charge is -2.33. The summed E-state index contributed by atoms with van der Waals surface area (Å²) in [5.74, 6) is 0.0823. The van der Waals surface area contributed by atoms with Crippen LogP contribution in [0.3, 0.4) is 0 Å². The van der Waals surface area contributed by atoms with Gasteiger partial charge in [0, 0.05) is 6.04 Å². The molecule has 92 valence electrons. The van der Waals surface area contributed by atoms with Crippen LogP contribution >= 0.6 is 0 Å². The van der Waals surface area contributed by atoms with Crippen molar-refractivity contribution in [3.05, 3.63) is 0 Å².